The lowest BCUT2D eigenvalue weighted by atomic mass is 10.2. The smallest absolute Gasteiger partial charge is 0.287 e. The summed E-state index contributed by atoms with van der Waals surface area (Å²) in [7, 11) is 2.09. The van der Waals surface area contributed by atoms with E-state index in [9.17, 15) is 4.79 Å². The molecule has 1 unspecified atom stereocenters. The Morgan fingerprint density at radius 1 is 1.73 bits per heavy atom. The van der Waals surface area contributed by atoms with Crippen LogP contribution < -0.4 is 5.32 Å². The standard InChI is InChI=1S/C11H14N2O2/c1-13-6-8-5-11(8,7-13)12-10(14)9-3-2-4-15-9/h2-4,8H,5-7H2,1H3,(H,12,14)/t8?,11-/m0/s1. The van der Waals surface area contributed by atoms with Crippen LogP contribution in [0.2, 0.25) is 0 Å². The summed E-state index contributed by atoms with van der Waals surface area (Å²) in [6, 6.07) is 3.43. The summed E-state index contributed by atoms with van der Waals surface area (Å²) >= 11 is 0. The van der Waals surface area contributed by atoms with Crippen molar-refractivity contribution in [2.24, 2.45) is 5.92 Å². The zero-order valence-corrected chi connectivity index (χ0v) is 8.69. The maximum absolute atomic E-state index is 11.8. The monoisotopic (exact) mass is 206 g/mol. The molecular weight excluding hydrogens is 192 g/mol. The van der Waals surface area contributed by atoms with Crippen LogP contribution in [0.4, 0.5) is 0 Å². The largest absolute Gasteiger partial charge is 0.459 e. The number of carbonyl (C=O) groups excluding carboxylic acids is 1. The van der Waals surface area contributed by atoms with Crippen LogP contribution in [0.15, 0.2) is 22.8 Å². The number of likely N-dealkylation sites (tertiary alicyclic amines) is 1. The summed E-state index contributed by atoms with van der Waals surface area (Å²) in [5, 5.41) is 3.09. The minimum absolute atomic E-state index is 0.0403. The zero-order chi connectivity index (χ0) is 10.5. The molecule has 0 spiro atoms. The lowest BCUT2D eigenvalue weighted by molar-refractivity contribution is 0.0900. The van der Waals surface area contributed by atoms with Crippen LogP contribution in [0.3, 0.4) is 0 Å². The number of furan rings is 1. The predicted octanol–water partition coefficient (Wildman–Crippen LogP) is 0.713. The molecule has 4 heteroatoms. The second-order valence-electron chi connectivity index (χ2n) is 4.69. The first-order valence-electron chi connectivity index (χ1n) is 5.24. The molecule has 1 aromatic heterocycles. The number of amides is 1. The molecule has 0 aromatic carbocycles. The molecule has 3 rings (SSSR count). The fourth-order valence-corrected chi connectivity index (χ4v) is 2.62. The van der Waals surface area contributed by atoms with E-state index < -0.39 is 0 Å². The minimum Gasteiger partial charge on any atom is -0.459 e. The Morgan fingerprint density at radius 3 is 3.20 bits per heavy atom. The van der Waals surface area contributed by atoms with Crippen LogP contribution >= 0.6 is 0 Å². The average molecular weight is 206 g/mol. The van der Waals surface area contributed by atoms with Crippen LogP contribution in [-0.2, 0) is 0 Å². The first kappa shape index (κ1) is 8.97. The molecule has 0 bridgehead atoms. The molecule has 1 N–H and O–H groups in total. The molecule has 80 valence electrons. The predicted molar refractivity (Wildman–Crippen MR) is 54.5 cm³/mol. The number of likely N-dealkylation sites (N-methyl/N-ethyl adjacent to an activating group) is 1. The quantitative estimate of drug-likeness (QED) is 0.775. The highest BCUT2D eigenvalue weighted by molar-refractivity contribution is 5.92. The van der Waals surface area contributed by atoms with Crippen LogP contribution in [0.5, 0.6) is 0 Å². The van der Waals surface area contributed by atoms with Crippen molar-refractivity contribution >= 4 is 5.91 Å². The summed E-state index contributed by atoms with van der Waals surface area (Å²) in [6.45, 7) is 2.06. The molecule has 15 heavy (non-hydrogen) atoms. The van der Waals surface area contributed by atoms with Crippen molar-refractivity contribution in [2.45, 2.75) is 12.0 Å². The van der Waals surface area contributed by atoms with E-state index in [0.29, 0.717) is 11.7 Å². The number of hydrogen-bond donors (Lipinski definition) is 1. The first-order valence-corrected chi connectivity index (χ1v) is 5.24. The molecule has 4 nitrogen and oxygen atoms in total. The van der Waals surface area contributed by atoms with Crippen molar-refractivity contribution in [1.29, 1.82) is 0 Å². The number of piperidine rings is 1. The number of nitrogens with one attached hydrogen (secondary N) is 1. The van der Waals surface area contributed by atoms with Gasteiger partial charge in [0.15, 0.2) is 5.76 Å². The Balaban J connectivity index is 1.70. The third-order valence-electron chi connectivity index (χ3n) is 3.42. The maximum atomic E-state index is 11.8. The molecule has 2 atom stereocenters. The molecule has 0 radical (unpaired) electrons. The summed E-state index contributed by atoms with van der Waals surface area (Å²) in [5.41, 5.74) is 0.0403. The van der Waals surface area contributed by atoms with Gasteiger partial charge in [0.05, 0.1) is 11.8 Å². The first-order chi connectivity index (χ1) is 7.20. The van der Waals surface area contributed by atoms with E-state index in [-0.39, 0.29) is 11.4 Å². The van der Waals surface area contributed by atoms with Crippen molar-refractivity contribution < 1.29 is 9.21 Å². The molecule has 1 saturated heterocycles. The van der Waals surface area contributed by atoms with Crippen molar-refractivity contribution in [2.75, 3.05) is 20.1 Å². The van der Waals surface area contributed by atoms with Crippen molar-refractivity contribution in [1.82, 2.24) is 10.2 Å². The second kappa shape index (κ2) is 2.85. The Labute approximate surface area is 88.2 Å². The van der Waals surface area contributed by atoms with E-state index in [0.717, 1.165) is 19.5 Å². The van der Waals surface area contributed by atoms with Gasteiger partial charge in [0.25, 0.3) is 5.91 Å². The molecule has 1 saturated carbocycles. The average Bonchev–Trinajstić information content (AvgIpc) is 2.64. The number of rotatable bonds is 2. The third-order valence-corrected chi connectivity index (χ3v) is 3.42. The number of carbonyl (C=O) groups is 1. The molecule has 1 amide bonds. The van der Waals surface area contributed by atoms with Crippen molar-refractivity contribution in [3.8, 4) is 0 Å². The lowest BCUT2D eigenvalue weighted by Gasteiger charge is -2.16. The van der Waals surface area contributed by atoms with E-state index in [1.165, 1.54) is 6.26 Å². The van der Waals surface area contributed by atoms with Crippen LogP contribution in [-0.4, -0.2) is 36.5 Å². The Morgan fingerprint density at radius 2 is 2.60 bits per heavy atom. The molecule has 1 aromatic rings. The highest BCUT2D eigenvalue weighted by Gasteiger charge is 2.60. The molecule has 1 aliphatic carbocycles. The zero-order valence-electron chi connectivity index (χ0n) is 8.69. The summed E-state index contributed by atoms with van der Waals surface area (Å²) in [5.74, 6) is 0.962. The van der Waals surface area contributed by atoms with Crippen LogP contribution in [0.1, 0.15) is 17.0 Å². The van der Waals surface area contributed by atoms with Gasteiger partial charge in [-0.2, -0.15) is 0 Å². The SMILES string of the molecule is CN1CC2C[C@]2(NC(=O)c2ccco2)C1. The van der Waals surface area contributed by atoms with E-state index in [2.05, 4.69) is 17.3 Å². The van der Waals surface area contributed by atoms with Gasteiger partial charge in [0.1, 0.15) is 0 Å². The van der Waals surface area contributed by atoms with Crippen molar-refractivity contribution in [3.63, 3.8) is 0 Å². The Kier molecular flexibility index (Phi) is 1.71. The van der Waals surface area contributed by atoms with Gasteiger partial charge in [0, 0.05) is 13.1 Å². The number of nitrogens with zero attached hydrogens (tertiary/aromatic N) is 1. The van der Waals surface area contributed by atoms with E-state index in [1.54, 1.807) is 12.1 Å². The summed E-state index contributed by atoms with van der Waals surface area (Å²) in [4.78, 5) is 14.0. The fraction of sp³-hybridized carbons (Fsp3) is 0.545. The van der Waals surface area contributed by atoms with Gasteiger partial charge in [-0.05, 0) is 31.5 Å². The minimum atomic E-state index is -0.0854. The van der Waals surface area contributed by atoms with Gasteiger partial charge >= 0.3 is 0 Å². The summed E-state index contributed by atoms with van der Waals surface area (Å²) < 4.78 is 5.07. The van der Waals surface area contributed by atoms with Crippen LogP contribution in [0, 0.1) is 5.92 Å². The van der Waals surface area contributed by atoms with Gasteiger partial charge in [0.2, 0.25) is 0 Å². The number of fused-ring (bicyclic) bond motifs is 1. The molecule has 2 fully saturated rings. The Hall–Kier alpha value is -1.29. The topological polar surface area (TPSA) is 45.5 Å². The van der Waals surface area contributed by atoms with Gasteiger partial charge in [-0.15, -0.1) is 0 Å². The van der Waals surface area contributed by atoms with Gasteiger partial charge in [-0.1, -0.05) is 0 Å². The fourth-order valence-electron chi connectivity index (χ4n) is 2.62. The van der Waals surface area contributed by atoms with Gasteiger partial charge in [-0.3, -0.25) is 4.79 Å². The second-order valence-corrected chi connectivity index (χ2v) is 4.69. The highest BCUT2D eigenvalue weighted by Crippen LogP contribution is 2.48. The lowest BCUT2D eigenvalue weighted by Crippen LogP contribution is -2.41. The van der Waals surface area contributed by atoms with E-state index in [1.807, 2.05) is 0 Å². The third kappa shape index (κ3) is 1.36. The van der Waals surface area contributed by atoms with E-state index >= 15 is 0 Å². The maximum Gasteiger partial charge on any atom is 0.287 e. The molecule has 2 heterocycles. The highest BCUT2D eigenvalue weighted by atomic mass is 16.3. The van der Waals surface area contributed by atoms with Gasteiger partial charge in [-0.25, -0.2) is 0 Å². The normalized spacial score (nSPS) is 33.8. The Bertz CT molecular complexity index is 387. The van der Waals surface area contributed by atoms with Crippen LogP contribution in [0.25, 0.3) is 0 Å². The molecule has 2 aliphatic rings. The van der Waals surface area contributed by atoms with Crippen molar-refractivity contribution in [3.05, 3.63) is 24.2 Å². The van der Waals surface area contributed by atoms with Gasteiger partial charge < -0.3 is 14.6 Å². The number of hydrogen-bond acceptors (Lipinski definition) is 3. The molecular formula is C11H14N2O2. The molecule has 1 aliphatic heterocycles. The summed E-state index contributed by atoms with van der Waals surface area (Å²) in [6.07, 6.45) is 2.64. The van der Waals surface area contributed by atoms with E-state index in [4.69, 9.17) is 4.42 Å².